The van der Waals surface area contributed by atoms with Gasteiger partial charge in [-0.05, 0) is 48.9 Å². The molecule has 3 nitrogen and oxygen atoms in total. The van der Waals surface area contributed by atoms with E-state index >= 15 is 0 Å². The van der Waals surface area contributed by atoms with E-state index in [-0.39, 0.29) is 11.4 Å². The molecule has 2 fully saturated rings. The molecule has 1 spiro atoms. The first-order valence-electron chi connectivity index (χ1n) is 8.58. The summed E-state index contributed by atoms with van der Waals surface area (Å²) < 4.78 is 40.5. The van der Waals surface area contributed by atoms with Crippen LogP contribution in [0.2, 0.25) is 0 Å². The minimum atomic E-state index is -4.39. The van der Waals surface area contributed by atoms with Crippen molar-refractivity contribution in [3.8, 4) is 0 Å². The highest BCUT2D eigenvalue weighted by Crippen LogP contribution is 2.52. The lowest BCUT2D eigenvalue weighted by molar-refractivity contribution is -0.136. The van der Waals surface area contributed by atoms with Crippen LogP contribution >= 0.6 is 0 Å². The Morgan fingerprint density at radius 2 is 2.00 bits per heavy atom. The minimum Gasteiger partial charge on any atom is -0.342 e. The lowest BCUT2D eigenvalue weighted by Gasteiger charge is -2.17. The van der Waals surface area contributed by atoms with E-state index in [0.717, 1.165) is 13.1 Å². The van der Waals surface area contributed by atoms with Gasteiger partial charge in [0.05, 0.1) is 11.1 Å². The van der Waals surface area contributed by atoms with Gasteiger partial charge in [0.2, 0.25) is 0 Å². The van der Waals surface area contributed by atoms with Gasteiger partial charge >= 0.3 is 6.18 Å². The van der Waals surface area contributed by atoms with Gasteiger partial charge in [-0.1, -0.05) is 13.8 Å². The van der Waals surface area contributed by atoms with Crippen LogP contribution in [0.15, 0.2) is 12.1 Å². The molecule has 1 saturated heterocycles. The fourth-order valence-corrected chi connectivity index (χ4v) is 3.78. The third-order valence-electron chi connectivity index (χ3n) is 5.40. The van der Waals surface area contributed by atoms with Gasteiger partial charge in [-0.2, -0.15) is 13.2 Å². The number of nitrogens with zero attached hydrogens (tertiary/aromatic N) is 2. The van der Waals surface area contributed by atoms with Gasteiger partial charge in [0, 0.05) is 19.0 Å². The summed E-state index contributed by atoms with van der Waals surface area (Å²) in [6.07, 6.45) is -0.660. The van der Waals surface area contributed by atoms with E-state index in [4.69, 9.17) is 0 Å². The number of aromatic amines is 1. The molecular formula is C18H22F3N3. The van der Waals surface area contributed by atoms with E-state index in [2.05, 4.69) is 14.9 Å². The number of fused-ring (bicyclic) bond motifs is 1. The maximum atomic E-state index is 13.5. The molecule has 1 N–H and O–H groups in total. The fourth-order valence-electron chi connectivity index (χ4n) is 3.78. The fraction of sp³-hybridized carbons (Fsp3) is 0.611. The molecule has 24 heavy (non-hydrogen) atoms. The molecule has 1 aromatic heterocycles. The molecule has 0 unspecified atom stereocenters. The number of alkyl halides is 3. The summed E-state index contributed by atoms with van der Waals surface area (Å²) in [7, 11) is 0. The first-order valence-corrected chi connectivity index (χ1v) is 8.58. The SMILES string of the molecule is CC(C)c1nc2c(C(F)(F)F)cc(CN3CCC4(CC4)C3)cc2[nH]1. The second-order valence-corrected chi connectivity index (χ2v) is 7.77. The van der Waals surface area contributed by atoms with E-state index in [1.54, 1.807) is 0 Å². The van der Waals surface area contributed by atoms with Crippen LogP contribution in [-0.4, -0.2) is 28.0 Å². The lowest BCUT2D eigenvalue weighted by Crippen LogP contribution is -2.21. The third kappa shape index (κ3) is 2.81. The summed E-state index contributed by atoms with van der Waals surface area (Å²) in [6.45, 7) is 6.43. The molecule has 0 bridgehead atoms. The highest BCUT2D eigenvalue weighted by molar-refractivity contribution is 5.80. The van der Waals surface area contributed by atoms with Crippen LogP contribution in [0, 0.1) is 5.41 Å². The first kappa shape index (κ1) is 15.9. The average molecular weight is 337 g/mol. The molecule has 1 aromatic carbocycles. The highest BCUT2D eigenvalue weighted by atomic mass is 19.4. The Morgan fingerprint density at radius 3 is 2.58 bits per heavy atom. The van der Waals surface area contributed by atoms with Crippen LogP contribution < -0.4 is 0 Å². The van der Waals surface area contributed by atoms with E-state index < -0.39 is 11.7 Å². The number of aromatic nitrogens is 2. The molecule has 0 atom stereocenters. The van der Waals surface area contributed by atoms with E-state index in [1.807, 2.05) is 19.9 Å². The van der Waals surface area contributed by atoms with Crippen LogP contribution in [0.5, 0.6) is 0 Å². The number of nitrogens with one attached hydrogen (secondary N) is 1. The number of rotatable bonds is 3. The first-order chi connectivity index (χ1) is 11.3. The molecule has 2 aliphatic rings. The largest absolute Gasteiger partial charge is 0.418 e. The number of imidazole rings is 1. The molecule has 2 heterocycles. The predicted octanol–water partition coefficient (Wildman–Crippen LogP) is 4.69. The Hall–Kier alpha value is -1.56. The van der Waals surface area contributed by atoms with Crippen LogP contribution in [-0.2, 0) is 12.7 Å². The Kier molecular flexibility index (Phi) is 3.46. The van der Waals surface area contributed by atoms with Gasteiger partial charge in [-0.25, -0.2) is 4.98 Å². The topological polar surface area (TPSA) is 31.9 Å². The zero-order valence-corrected chi connectivity index (χ0v) is 14.0. The molecule has 6 heteroatoms. The molecule has 0 radical (unpaired) electrons. The van der Waals surface area contributed by atoms with Crippen molar-refractivity contribution < 1.29 is 13.2 Å². The van der Waals surface area contributed by atoms with Crippen LogP contribution in [0.1, 0.15) is 56.0 Å². The van der Waals surface area contributed by atoms with Crippen molar-refractivity contribution in [2.75, 3.05) is 13.1 Å². The van der Waals surface area contributed by atoms with Crippen LogP contribution in [0.25, 0.3) is 11.0 Å². The zero-order chi connectivity index (χ0) is 17.1. The monoisotopic (exact) mass is 337 g/mol. The summed E-state index contributed by atoms with van der Waals surface area (Å²) in [5, 5.41) is 0. The quantitative estimate of drug-likeness (QED) is 0.881. The Labute approximate surface area is 139 Å². The molecule has 130 valence electrons. The van der Waals surface area contributed by atoms with Crippen molar-refractivity contribution >= 4 is 11.0 Å². The Bertz CT molecular complexity index is 772. The molecular weight excluding hydrogens is 315 g/mol. The smallest absolute Gasteiger partial charge is 0.342 e. The van der Waals surface area contributed by atoms with Gasteiger partial charge < -0.3 is 4.98 Å². The summed E-state index contributed by atoms with van der Waals surface area (Å²) in [4.78, 5) is 9.55. The second kappa shape index (κ2) is 5.22. The van der Waals surface area contributed by atoms with E-state index in [1.165, 1.54) is 25.3 Å². The Morgan fingerprint density at radius 1 is 1.25 bits per heavy atom. The second-order valence-electron chi connectivity index (χ2n) is 7.77. The number of benzene rings is 1. The van der Waals surface area contributed by atoms with Gasteiger partial charge in [0.25, 0.3) is 0 Å². The van der Waals surface area contributed by atoms with Crippen molar-refractivity contribution in [3.05, 3.63) is 29.1 Å². The maximum Gasteiger partial charge on any atom is 0.418 e. The molecule has 4 rings (SSSR count). The molecule has 1 saturated carbocycles. The van der Waals surface area contributed by atoms with Crippen molar-refractivity contribution in [2.24, 2.45) is 5.41 Å². The summed E-state index contributed by atoms with van der Waals surface area (Å²) >= 11 is 0. The molecule has 2 aromatic rings. The number of H-pyrrole nitrogens is 1. The summed E-state index contributed by atoms with van der Waals surface area (Å²) in [5.74, 6) is 0.668. The minimum absolute atomic E-state index is 0.0371. The van der Waals surface area contributed by atoms with Crippen molar-refractivity contribution in [2.45, 2.75) is 51.7 Å². The van der Waals surface area contributed by atoms with E-state index in [0.29, 0.717) is 28.9 Å². The number of hydrogen-bond acceptors (Lipinski definition) is 2. The van der Waals surface area contributed by atoms with Crippen molar-refractivity contribution in [1.29, 1.82) is 0 Å². The third-order valence-corrected chi connectivity index (χ3v) is 5.40. The van der Waals surface area contributed by atoms with Crippen LogP contribution in [0.3, 0.4) is 0 Å². The predicted molar refractivity (Wildman–Crippen MR) is 86.7 cm³/mol. The number of halogens is 3. The van der Waals surface area contributed by atoms with Crippen LogP contribution in [0.4, 0.5) is 13.2 Å². The normalized spacial score (nSPS) is 20.6. The lowest BCUT2D eigenvalue weighted by atomic mass is 10.1. The summed E-state index contributed by atoms with van der Waals surface area (Å²) in [5.41, 5.74) is 1.10. The zero-order valence-electron chi connectivity index (χ0n) is 14.0. The van der Waals surface area contributed by atoms with E-state index in [9.17, 15) is 13.2 Å². The van der Waals surface area contributed by atoms with Gasteiger partial charge in [0.1, 0.15) is 11.3 Å². The molecule has 1 aliphatic heterocycles. The maximum absolute atomic E-state index is 13.5. The highest BCUT2D eigenvalue weighted by Gasteiger charge is 2.47. The molecule has 0 amide bonds. The number of hydrogen-bond donors (Lipinski definition) is 1. The summed E-state index contributed by atoms with van der Waals surface area (Å²) in [6, 6.07) is 3.12. The van der Waals surface area contributed by atoms with Gasteiger partial charge in [-0.3, -0.25) is 4.90 Å². The van der Waals surface area contributed by atoms with Crippen molar-refractivity contribution in [1.82, 2.24) is 14.9 Å². The average Bonchev–Trinajstić information content (AvgIpc) is 2.92. The van der Waals surface area contributed by atoms with Gasteiger partial charge in [-0.15, -0.1) is 0 Å². The number of likely N-dealkylation sites (tertiary alicyclic amines) is 1. The molecule has 1 aliphatic carbocycles. The standard InChI is InChI=1S/C18H22F3N3/c1-11(2)16-22-14-8-12(7-13(15(14)23-16)18(19,20)21)9-24-6-5-17(10-24)3-4-17/h7-8,11H,3-6,9-10H2,1-2H3,(H,22,23). The van der Waals surface area contributed by atoms with Crippen molar-refractivity contribution in [3.63, 3.8) is 0 Å². The Balaban J connectivity index is 1.70. The van der Waals surface area contributed by atoms with Gasteiger partial charge in [0.15, 0.2) is 0 Å².